The lowest BCUT2D eigenvalue weighted by atomic mass is 10.1. The second-order valence-corrected chi connectivity index (χ2v) is 6.98. The highest BCUT2D eigenvalue weighted by molar-refractivity contribution is 6.31. The van der Waals surface area contributed by atoms with Crippen molar-refractivity contribution in [2.45, 2.75) is 13.0 Å². The number of pyridine rings is 1. The number of benzene rings is 2. The van der Waals surface area contributed by atoms with Crippen LogP contribution in [0.5, 0.6) is 0 Å². The van der Waals surface area contributed by atoms with Crippen LogP contribution in [0.25, 0.3) is 0 Å². The molecule has 28 heavy (non-hydrogen) atoms. The molecule has 0 radical (unpaired) electrons. The molecule has 1 aliphatic rings. The molecule has 0 saturated heterocycles. The van der Waals surface area contributed by atoms with Crippen LogP contribution < -0.4 is 10.2 Å². The van der Waals surface area contributed by atoms with Gasteiger partial charge in [0.2, 0.25) is 0 Å². The summed E-state index contributed by atoms with van der Waals surface area (Å²) in [5.74, 6) is -0.456. The molecule has 1 aliphatic heterocycles. The maximum Gasteiger partial charge on any atom is 0.259 e. The minimum absolute atomic E-state index is 0.154. The van der Waals surface area contributed by atoms with E-state index in [0.29, 0.717) is 29.2 Å². The third-order valence-electron chi connectivity index (χ3n) is 4.78. The fourth-order valence-corrected chi connectivity index (χ4v) is 3.51. The van der Waals surface area contributed by atoms with Gasteiger partial charge in [-0.05, 0) is 35.7 Å². The molecule has 0 saturated carbocycles. The molecule has 0 atom stereocenters. The van der Waals surface area contributed by atoms with Gasteiger partial charge >= 0.3 is 0 Å². The van der Waals surface area contributed by atoms with Crippen molar-refractivity contribution >= 4 is 29.1 Å². The van der Waals surface area contributed by atoms with Gasteiger partial charge in [-0.25, -0.2) is 0 Å². The van der Waals surface area contributed by atoms with Crippen molar-refractivity contribution in [2.24, 2.45) is 0 Å². The Morgan fingerprint density at radius 2 is 1.79 bits per heavy atom. The first-order valence-electron chi connectivity index (χ1n) is 9.00. The van der Waals surface area contributed by atoms with Gasteiger partial charge in [-0.15, -0.1) is 0 Å². The van der Waals surface area contributed by atoms with E-state index in [1.807, 2.05) is 42.5 Å². The summed E-state index contributed by atoms with van der Waals surface area (Å²) in [5.41, 5.74) is 3.62. The summed E-state index contributed by atoms with van der Waals surface area (Å²) < 4.78 is 0. The van der Waals surface area contributed by atoms with Gasteiger partial charge in [0.25, 0.3) is 11.8 Å². The molecular formula is C22H18ClN3O2. The van der Waals surface area contributed by atoms with Crippen molar-refractivity contribution in [3.63, 3.8) is 0 Å². The number of aromatic nitrogens is 1. The van der Waals surface area contributed by atoms with Gasteiger partial charge in [0.1, 0.15) is 0 Å². The lowest BCUT2D eigenvalue weighted by Gasteiger charge is -2.17. The van der Waals surface area contributed by atoms with Gasteiger partial charge in [0.05, 0.1) is 11.1 Å². The summed E-state index contributed by atoms with van der Waals surface area (Å²) >= 11 is 6.12. The molecule has 1 N–H and O–H groups in total. The quantitative estimate of drug-likeness (QED) is 0.734. The number of anilines is 1. The van der Waals surface area contributed by atoms with Crippen LogP contribution in [-0.2, 0) is 13.0 Å². The zero-order chi connectivity index (χ0) is 19.5. The van der Waals surface area contributed by atoms with E-state index in [9.17, 15) is 9.59 Å². The van der Waals surface area contributed by atoms with Crippen LogP contribution in [0.3, 0.4) is 0 Å². The molecule has 6 heteroatoms. The Bertz CT molecular complexity index is 1050. The highest BCUT2D eigenvalue weighted by Crippen LogP contribution is 2.28. The first-order chi connectivity index (χ1) is 13.6. The summed E-state index contributed by atoms with van der Waals surface area (Å²) in [6, 6.07) is 16.8. The number of halogens is 1. The van der Waals surface area contributed by atoms with E-state index in [4.69, 9.17) is 11.6 Å². The molecule has 0 bridgehead atoms. The van der Waals surface area contributed by atoms with Gasteiger partial charge in [-0.2, -0.15) is 0 Å². The van der Waals surface area contributed by atoms with E-state index in [1.165, 1.54) is 12.4 Å². The van der Waals surface area contributed by atoms with Crippen LogP contribution in [0.15, 0.2) is 67.0 Å². The Labute approximate surface area is 168 Å². The molecule has 2 aromatic carbocycles. The second kappa shape index (κ2) is 7.82. The molecule has 2 amide bonds. The fourth-order valence-electron chi connectivity index (χ4n) is 3.31. The van der Waals surface area contributed by atoms with Crippen LogP contribution in [0, 0.1) is 0 Å². The minimum Gasteiger partial charge on any atom is -0.348 e. The van der Waals surface area contributed by atoms with Crippen LogP contribution >= 0.6 is 11.6 Å². The Balaban J connectivity index is 1.49. The summed E-state index contributed by atoms with van der Waals surface area (Å²) in [6.07, 6.45) is 3.78. The molecule has 1 aromatic heterocycles. The zero-order valence-electron chi connectivity index (χ0n) is 15.1. The monoisotopic (exact) mass is 391 g/mol. The molecule has 0 unspecified atom stereocenters. The van der Waals surface area contributed by atoms with Gasteiger partial charge in [0.15, 0.2) is 0 Å². The lowest BCUT2D eigenvalue weighted by Crippen LogP contribution is -2.29. The maximum absolute atomic E-state index is 12.9. The Kier molecular flexibility index (Phi) is 5.08. The molecule has 2 heterocycles. The number of carbonyl (C=O) groups is 2. The topological polar surface area (TPSA) is 62.3 Å². The zero-order valence-corrected chi connectivity index (χ0v) is 15.8. The molecular weight excluding hydrogens is 374 g/mol. The van der Waals surface area contributed by atoms with Gasteiger partial charge in [-0.1, -0.05) is 48.0 Å². The average molecular weight is 392 g/mol. The Morgan fingerprint density at radius 1 is 1.04 bits per heavy atom. The third-order valence-corrected chi connectivity index (χ3v) is 5.15. The van der Waals surface area contributed by atoms with Crippen molar-refractivity contribution in [1.82, 2.24) is 10.3 Å². The number of hydrogen-bond donors (Lipinski definition) is 1. The first-order valence-corrected chi connectivity index (χ1v) is 9.38. The number of fused-ring (bicyclic) bond motifs is 1. The van der Waals surface area contributed by atoms with E-state index < -0.39 is 0 Å². The predicted molar refractivity (Wildman–Crippen MR) is 109 cm³/mol. The van der Waals surface area contributed by atoms with E-state index in [-0.39, 0.29) is 11.8 Å². The highest BCUT2D eigenvalue weighted by atomic mass is 35.5. The second-order valence-electron chi connectivity index (χ2n) is 6.57. The standard InChI is InChI=1S/C22H18ClN3O2/c23-19-7-3-1-6-16(19)14-25-21(27)17-11-18(13-24-12-17)22(28)26-10-9-15-5-2-4-8-20(15)26/h1-8,11-13H,9-10,14H2,(H,25,27). The Hall–Kier alpha value is -3.18. The molecule has 3 aromatic rings. The van der Waals surface area contributed by atoms with E-state index in [2.05, 4.69) is 10.3 Å². The molecule has 4 rings (SSSR count). The summed E-state index contributed by atoms with van der Waals surface area (Å²) in [6.45, 7) is 0.928. The van der Waals surface area contributed by atoms with Crippen molar-refractivity contribution in [3.05, 3.63) is 94.3 Å². The summed E-state index contributed by atoms with van der Waals surface area (Å²) in [7, 11) is 0. The number of hydrogen-bond acceptors (Lipinski definition) is 3. The smallest absolute Gasteiger partial charge is 0.259 e. The molecule has 5 nitrogen and oxygen atoms in total. The van der Waals surface area contributed by atoms with Crippen LogP contribution in [0.1, 0.15) is 31.8 Å². The predicted octanol–water partition coefficient (Wildman–Crippen LogP) is 3.87. The van der Waals surface area contributed by atoms with Gasteiger partial charge < -0.3 is 10.2 Å². The number of para-hydroxylation sites is 1. The summed E-state index contributed by atoms with van der Waals surface area (Å²) in [4.78, 5) is 31.3. The lowest BCUT2D eigenvalue weighted by molar-refractivity contribution is 0.0950. The average Bonchev–Trinajstić information content (AvgIpc) is 3.16. The molecule has 140 valence electrons. The van der Waals surface area contributed by atoms with Crippen LogP contribution in [0.2, 0.25) is 5.02 Å². The van der Waals surface area contributed by atoms with Gasteiger partial charge in [-0.3, -0.25) is 14.6 Å². The Morgan fingerprint density at radius 3 is 2.64 bits per heavy atom. The first kappa shape index (κ1) is 18.2. The minimum atomic E-state index is -0.302. The van der Waals surface area contributed by atoms with Crippen LogP contribution in [-0.4, -0.2) is 23.3 Å². The number of carbonyl (C=O) groups excluding carboxylic acids is 2. The van der Waals surface area contributed by atoms with Crippen molar-refractivity contribution < 1.29 is 9.59 Å². The molecule has 0 aliphatic carbocycles. The van der Waals surface area contributed by atoms with E-state index in [0.717, 1.165) is 23.2 Å². The van der Waals surface area contributed by atoms with E-state index in [1.54, 1.807) is 17.0 Å². The number of amides is 2. The molecule has 0 spiro atoms. The number of nitrogens with zero attached hydrogens (tertiary/aromatic N) is 2. The van der Waals surface area contributed by atoms with E-state index >= 15 is 0 Å². The fraction of sp³-hybridized carbons (Fsp3) is 0.136. The van der Waals surface area contributed by atoms with Crippen molar-refractivity contribution in [1.29, 1.82) is 0 Å². The third kappa shape index (κ3) is 3.62. The highest BCUT2D eigenvalue weighted by Gasteiger charge is 2.25. The normalized spacial score (nSPS) is 12.5. The number of rotatable bonds is 4. The largest absolute Gasteiger partial charge is 0.348 e. The number of nitrogens with one attached hydrogen (secondary N) is 1. The van der Waals surface area contributed by atoms with Gasteiger partial charge in [0, 0.05) is 36.2 Å². The maximum atomic E-state index is 12.9. The molecule has 0 fully saturated rings. The van der Waals surface area contributed by atoms with Crippen molar-refractivity contribution in [3.8, 4) is 0 Å². The summed E-state index contributed by atoms with van der Waals surface area (Å²) in [5, 5.41) is 3.41. The van der Waals surface area contributed by atoms with Crippen molar-refractivity contribution in [2.75, 3.05) is 11.4 Å². The van der Waals surface area contributed by atoms with Crippen LogP contribution in [0.4, 0.5) is 5.69 Å². The SMILES string of the molecule is O=C(NCc1ccccc1Cl)c1cncc(C(=O)N2CCc3ccccc32)c1.